The Balaban J connectivity index is 2.10. The average Bonchev–Trinajstić information content (AvgIpc) is 2.28. The lowest BCUT2D eigenvalue weighted by Crippen LogP contribution is -2.49. The molecule has 0 spiro atoms. The molecular formula is C14H30N2S2. The minimum atomic E-state index is -0.413. The van der Waals surface area contributed by atoms with Gasteiger partial charge in [0.15, 0.2) is 0 Å². The first-order chi connectivity index (χ1) is 8.52. The van der Waals surface area contributed by atoms with Crippen LogP contribution < -0.4 is 0 Å². The predicted octanol–water partition coefficient (Wildman–Crippen LogP) is 4.19. The summed E-state index contributed by atoms with van der Waals surface area (Å²) in [6.07, 6.45) is 8.17. The van der Waals surface area contributed by atoms with Crippen LogP contribution >= 0.6 is 22.0 Å². The average molecular weight is 291 g/mol. The summed E-state index contributed by atoms with van der Waals surface area (Å²) in [5, 5.41) is 0. The topological polar surface area (TPSA) is 6.48 Å². The second-order valence-electron chi connectivity index (χ2n) is 6.29. The van der Waals surface area contributed by atoms with Crippen LogP contribution in [0.3, 0.4) is 0 Å². The van der Waals surface area contributed by atoms with E-state index >= 15 is 0 Å². The fraction of sp³-hybridized carbons (Fsp3) is 1.00. The highest BCUT2D eigenvalue weighted by atomic mass is 33.1. The third kappa shape index (κ3) is 3.02. The molecule has 0 aliphatic carbocycles. The van der Waals surface area contributed by atoms with Gasteiger partial charge in [0.25, 0.3) is 0 Å². The first kappa shape index (κ1) is 15.0. The van der Waals surface area contributed by atoms with Gasteiger partial charge in [0.05, 0.1) is 0 Å². The highest BCUT2D eigenvalue weighted by Crippen LogP contribution is 2.50. The van der Waals surface area contributed by atoms with Crippen LogP contribution in [0.1, 0.15) is 66.2 Å². The summed E-state index contributed by atoms with van der Waals surface area (Å²) in [5.41, 5.74) is 0. The second kappa shape index (κ2) is 6.38. The summed E-state index contributed by atoms with van der Waals surface area (Å²) < 4.78 is 5.42. The third-order valence-electron chi connectivity index (χ3n) is 4.71. The van der Waals surface area contributed by atoms with E-state index in [1.54, 1.807) is 0 Å². The molecule has 2 rings (SSSR count). The molecule has 4 heteroatoms. The highest BCUT2D eigenvalue weighted by Gasteiger charge is 2.35. The van der Waals surface area contributed by atoms with E-state index in [0.717, 1.165) is 0 Å². The summed E-state index contributed by atoms with van der Waals surface area (Å²) >= 11 is 5.07. The second-order valence-corrected chi connectivity index (χ2v) is 8.82. The Morgan fingerprint density at radius 3 is 1.28 bits per heavy atom. The summed E-state index contributed by atoms with van der Waals surface area (Å²) in [6.45, 7) is 9.56. The van der Waals surface area contributed by atoms with Gasteiger partial charge in [-0.1, -0.05) is 23.1 Å². The lowest BCUT2D eigenvalue weighted by Gasteiger charge is -2.53. The van der Waals surface area contributed by atoms with E-state index < -0.39 is 10.3 Å². The molecule has 2 saturated heterocycles. The van der Waals surface area contributed by atoms with Crippen LogP contribution in [0.4, 0.5) is 0 Å². The molecule has 0 bridgehead atoms. The predicted molar refractivity (Wildman–Crippen MR) is 87.2 cm³/mol. The molecule has 2 aliphatic rings. The van der Waals surface area contributed by atoms with E-state index in [-0.39, 0.29) is 0 Å². The number of nitrogens with zero attached hydrogens (tertiary/aromatic N) is 2. The maximum absolute atomic E-state index is 5.07. The van der Waals surface area contributed by atoms with Gasteiger partial charge in [-0.2, -0.15) is 0 Å². The zero-order chi connectivity index (χ0) is 13.3. The van der Waals surface area contributed by atoms with Crippen molar-refractivity contribution >= 4 is 22.0 Å². The van der Waals surface area contributed by atoms with E-state index in [4.69, 9.17) is 11.7 Å². The Morgan fingerprint density at radius 2 is 1.00 bits per heavy atom. The standard InChI is InChI=1S/C14H30N2S2/c1-11-7-5-8-12(2)15(11)18(17)16-13(3)9-6-10-14(16)4/h11-14,17-18H,5-10H2,1-4H3. The van der Waals surface area contributed by atoms with Crippen molar-refractivity contribution in [1.29, 1.82) is 0 Å². The largest absolute Gasteiger partial charge is 0.245 e. The van der Waals surface area contributed by atoms with Crippen molar-refractivity contribution < 1.29 is 0 Å². The minimum absolute atomic E-state index is 0.413. The van der Waals surface area contributed by atoms with Crippen LogP contribution in [0.25, 0.3) is 0 Å². The number of rotatable bonds is 2. The lowest BCUT2D eigenvalue weighted by atomic mass is 10.0. The van der Waals surface area contributed by atoms with Crippen molar-refractivity contribution in [2.24, 2.45) is 0 Å². The Morgan fingerprint density at radius 1 is 0.722 bits per heavy atom. The normalized spacial score (nSPS) is 42.8. The van der Waals surface area contributed by atoms with Gasteiger partial charge in [0, 0.05) is 24.2 Å². The molecule has 0 N–H and O–H groups in total. The van der Waals surface area contributed by atoms with Gasteiger partial charge in [-0.15, -0.1) is 11.7 Å². The van der Waals surface area contributed by atoms with Crippen LogP contribution in [0.5, 0.6) is 0 Å². The first-order valence-corrected chi connectivity index (χ1v) is 9.98. The van der Waals surface area contributed by atoms with Gasteiger partial charge in [0.2, 0.25) is 0 Å². The van der Waals surface area contributed by atoms with Crippen molar-refractivity contribution in [3.05, 3.63) is 0 Å². The van der Waals surface area contributed by atoms with Gasteiger partial charge in [0.1, 0.15) is 0 Å². The van der Waals surface area contributed by atoms with Crippen LogP contribution in [0.2, 0.25) is 0 Å². The quantitative estimate of drug-likeness (QED) is 0.581. The molecule has 2 heterocycles. The smallest absolute Gasteiger partial charge is 0.0178 e. The molecule has 18 heavy (non-hydrogen) atoms. The molecule has 4 unspecified atom stereocenters. The SMILES string of the molecule is CC1CCCC(C)N1[SH](S)N1C(C)CCCC1C. The molecule has 4 atom stereocenters. The van der Waals surface area contributed by atoms with Crippen LogP contribution in [-0.2, 0) is 0 Å². The molecule has 0 radical (unpaired) electrons. The van der Waals surface area contributed by atoms with Gasteiger partial charge < -0.3 is 0 Å². The van der Waals surface area contributed by atoms with Gasteiger partial charge in [-0.05, 0) is 53.4 Å². The van der Waals surface area contributed by atoms with E-state index in [0.29, 0.717) is 24.2 Å². The molecule has 0 aromatic rings. The zero-order valence-electron chi connectivity index (χ0n) is 12.3. The highest BCUT2D eigenvalue weighted by molar-refractivity contribution is 8.76. The van der Waals surface area contributed by atoms with E-state index in [1.165, 1.54) is 38.5 Å². The summed E-state index contributed by atoms with van der Waals surface area (Å²) in [5.74, 6) is 0. The van der Waals surface area contributed by atoms with Crippen molar-refractivity contribution in [3.63, 3.8) is 0 Å². The lowest BCUT2D eigenvalue weighted by molar-refractivity contribution is 0.179. The van der Waals surface area contributed by atoms with Crippen molar-refractivity contribution in [1.82, 2.24) is 8.61 Å². The van der Waals surface area contributed by atoms with Crippen LogP contribution in [0.15, 0.2) is 0 Å². The number of hydrogen-bond acceptors (Lipinski definition) is 3. The molecule has 2 fully saturated rings. The maximum Gasteiger partial charge on any atom is 0.0178 e. The molecule has 2 aliphatic heterocycles. The molecule has 108 valence electrons. The summed E-state index contributed by atoms with van der Waals surface area (Å²) in [4.78, 5) is 0. The van der Waals surface area contributed by atoms with Gasteiger partial charge >= 0.3 is 0 Å². The van der Waals surface area contributed by atoms with Crippen molar-refractivity contribution in [2.75, 3.05) is 0 Å². The molecular weight excluding hydrogens is 260 g/mol. The zero-order valence-corrected chi connectivity index (χ0v) is 14.1. The monoisotopic (exact) mass is 290 g/mol. The van der Waals surface area contributed by atoms with E-state index in [1.807, 2.05) is 0 Å². The summed E-state index contributed by atoms with van der Waals surface area (Å²) in [7, 11) is -0.413. The molecule has 2 nitrogen and oxygen atoms in total. The Kier molecular flexibility index (Phi) is 5.32. The molecule has 0 saturated carbocycles. The Labute approximate surface area is 121 Å². The fourth-order valence-corrected chi connectivity index (χ4v) is 7.87. The maximum atomic E-state index is 5.07. The number of hydrogen-bond donors (Lipinski definition) is 2. The minimum Gasteiger partial charge on any atom is -0.245 e. The van der Waals surface area contributed by atoms with E-state index in [9.17, 15) is 0 Å². The molecule has 0 aromatic heterocycles. The first-order valence-electron chi connectivity index (χ1n) is 7.58. The van der Waals surface area contributed by atoms with Crippen LogP contribution in [-0.4, -0.2) is 32.8 Å². The number of thiol groups is 2. The van der Waals surface area contributed by atoms with E-state index in [2.05, 4.69) is 36.3 Å². The van der Waals surface area contributed by atoms with Crippen molar-refractivity contribution in [3.8, 4) is 0 Å². The molecule has 0 aromatic carbocycles. The van der Waals surface area contributed by atoms with Crippen LogP contribution in [0, 0.1) is 0 Å². The van der Waals surface area contributed by atoms with Gasteiger partial charge in [-0.25, -0.2) is 8.61 Å². The summed E-state index contributed by atoms with van der Waals surface area (Å²) in [6, 6.07) is 2.83. The third-order valence-corrected chi connectivity index (χ3v) is 8.35. The fourth-order valence-electron chi connectivity index (χ4n) is 3.64. The molecule has 0 amide bonds. The Hall–Kier alpha value is 0.620. The van der Waals surface area contributed by atoms with Gasteiger partial charge in [-0.3, -0.25) is 0 Å². The number of piperidine rings is 2. The van der Waals surface area contributed by atoms with Crippen molar-refractivity contribution in [2.45, 2.75) is 90.4 Å². The Bertz CT molecular complexity index is 229.